The molecule has 0 atom stereocenters. The summed E-state index contributed by atoms with van der Waals surface area (Å²) in [7, 11) is 0. The molecule has 3 rings (SSSR count). The van der Waals surface area contributed by atoms with E-state index in [-0.39, 0.29) is 18.6 Å². The molecule has 2 aromatic rings. The van der Waals surface area contributed by atoms with Gasteiger partial charge in [0, 0.05) is 13.0 Å². The van der Waals surface area contributed by atoms with E-state index in [0.29, 0.717) is 23.2 Å². The lowest BCUT2D eigenvalue weighted by Gasteiger charge is -2.11. The fourth-order valence-corrected chi connectivity index (χ4v) is 2.74. The summed E-state index contributed by atoms with van der Waals surface area (Å²) < 4.78 is 7.15. The molecule has 0 spiro atoms. The van der Waals surface area contributed by atoms with E-state index >= 15 is 0 Å². The molecule has 1 aromatic carbocycles. The normalized spacial score (nSPS) is 14.4. The fourth-order valence-electron chi connectivity index (χ4n) is 2.74. The van der Waals surface area contributed by atoms with Gasteiger partial charge in [-0.3, -0.25) is 14.2 Å². The number of carboxylic acids is 1. The first-order valence-electron chi connectivity index (χ1n) is 7.53. The Kier molecular flexibility index (Phi) is 4.09. The van der Waals surface area contributed by atoms with Gasteiger partial charge in [0.1, 0.15) is 11.6 Å². The van der Waals surface area contributed by atoms with Crippen LogP contribution in [0.4, 0.5) is 0 Å². The minimum absolute atomic E-state index is 0.0365. The first-order valence-corrected chi connectivity index (χ1v) is 7.53. The largest absolute Gasteiger partial charge is 0.493 e. The van der Waals surface area contributed by atoms with E-state index in [9.17, 15) is 9.59 Å². The summed E-state index contributed by atoms with van der Waals surface area (Å²) in [6, 6.07) is 5.15. The minimum atomic E-state index is -0.909. The van der Waals surface area contributed by atoms with Crippen molar-refractivity contribution in [2.24, 2.45) is 0 Å². The Morgan fingerprint density at radius 3 is 3.00 bits per heavy atom. The molecule has 0 amide bonds. The molecule has 0 saturated heterocycles. The molecular weight excluding hydrogens is 284 g/mol. The van der Waals surface area contributed by atoms with Gasteiger partial charge in [-0.1, -0.05) is 6.42 Å². The number of rotatable bonds is 4. The Hall–Kier alpha value is -2.37. The van der Waals surface area contributed by atoms with E-state index < -0.39 is 5.97 Å². The highest BCUT2D eigenvalue weighted by atomic mass is 16.5. The second kappa shape index (κ2) is 6.17. The lowest BCUT2D eigenvalue weighted by Crippen LogP contribution is -2.24. The molecule has 0 radical (unpaired) electrons. The number of benzene rings is 1. The van der Waals surface area contributed by atoms with Crippen molar-refractivity contribution >= 4 is 16.9 Å². The third-order valence-electron chi connectivity index (χ3n) is 3.87. The average molecular weight is 302 g/mol. The van der Waals surface area contributed by atoms with Gasteiger partial charge in [-0.15, -0.1) is 0 Å². The highest BCUT2D eigenvalue weighted by molar-refractivity contribution is 5.79. The molecule has 0 bridgehead atoms. The van der Waals surface area contributed by atoms with Crippen LogP contribution in [0.2, 0.25) is 0 Å². The van der Waals surface area contributed by atoms with E-state index in [1.807, 2.05) is 0 Å². The molecule has 1 aliphatic rings. The SMILES string of the molecule is O=C(O)CCOc1ccc2nc3n(c(=O)c2c1)CCCCC3. The van der Waals surface area contributed by atoms with Crippen LogP contribution < -0.4 is 10.3 Å². The third kappa shape index (κ3) is 2.95. The Morgan fingerprint density at radius 1 is 1.32 bits per heavy atom. The zero-order valence-corrected chi connectivity index (χ0v) is 12.2. The van der Waals surface area contributed by atoms with Crippen LogP contribution in [-0.4, -0.2) is 27.2 Å². The van der Waals surface area contributed by atoms with Gasteiger partial charge in [-0.2, -0.15) is 0 Å². The quantitative estimate of drug-likeness (QED) is 0.934. The van der Waals surface area contributed by atoms with Gasteiger partial charge in [0.05, 0.1) is 23.9 Å². The van der Waals surface area contributed by atoms with Crippen molar-refractivity contribution < 1.29 is 14.6 Å². The summed E-state index contributed by atoms with van der Waals surface area (Å²) in [5.74, 6) is 0.448. The van der Waals surface area contributed by atoms with Gasteiger partial charge in [0.25, 0.3) is 5.56 Å². The predicted octanol–water partition coefficient (Wildman–Crippen LogP) is 1.98. The number of ether oxygens (including phenoxy) is 1. The van der Waals surface area contributed by atoms with Crippen molar-refractivity contribution in [1.82, 2.24) is 9.55 Å². The van der Waals surface area contributed by atoms with E-state index in [0.717, 1.165) is 31.5 Å². The highest BCUT2D eigenvalue weighted by Gasteiger charge is 2.14. The third-order valence-corrected chi connectivity index (χ3v) is 3.87. The van der Waals surface area contributed by atoms with Gasteiger partial charge in [-0.25, -0.2) is 4.98 Å². The second-order valence-electron chi connectivity index (χ2n) is 5.47. The summed E-state index contributed by atoms with van der Waals surface area (Å²) in [4.78, 5) is 27.7. The molecule has 22 heavy (non-hydrogen) atoms. The van der Waals surface area contributed by atoms with E-state index in [2.05, 4.69) is 4.98 Å². The monoisotopic (exact) mass is 302 g/mol. The number of nitrogens with zero attached hydrogens (tertiary/aromatic N) is 2. The number of carboxylic acid groups (broad SMARTS) is 1. The van der Waals surface area contributed by atoms with Crippen molar-refractivity contribution in [2.75, 3.05) is 6.61 Å². The number of aryl methyl sites for hydroxylation is 1. The fraction of sp³-hybridized carbons (Fsp3) is 0.438. The molecule has 1 N–H and O–H groups in total. The van der Waals surface area contributed by atoms with Crippen LogP contribution in [0, 0.1) is 0 Å². The molecular formula is C16H18N2O4. The lowest BCUT2D eigenvalue weighted by molar-refractivity contribution is -0.137. The predicted molar refractivity (Wildman–Crippen MR) is 81.3 cm³/mol. The molecule has 0 fully saturated rings. The zero-order valence-electron chi connectivity index (χ0n) is 12.2. The Morgan fingerprint density at radius 2 is 2.18 bits per heavy atom. The van der Waals surface area contributed by atoms with Crippen LogP contribution in [0.5, 0.6) is 5.75 Å². The molecule has 116 valence electrons. The van der Waals surface area contributed by atoms with Gasteiger partial charge >= 0.3 is 5.97 Å². The maximum absolute atomic E-state index is 12.6. The standard InChI is InChI=1S/C16H18N2O4/c19-15(20)7-9-22-11-5-6-13-12(10-11)16(21)18-8-3-1-2-4-14(18)17-13/h5-6,10H,1-4,7-9H2,(H,19,20). The Balaban J connectivity index is 1.95. The summed E-state index contributed by atoms with van der Waals surface area (Å²) >= 11 is 0. The molecule has 0 unspecified atom stereocenters. The molecule has 0 saturated carbocycles. The summed E-state index contributed by atoms with van der Waals surface area (Å²) in [6.07, 6.45) is 3.94. The summed E-state index contributed by atoms with van der Waals surface area (Å²) in [5, 5.41) is 9.15. The van der Waals surface area contributed by atoms with Crippen LogP contribution in [0.1, 0.15) is 31.5 Å². The van der Waals surface area contributed by atoms with Crippen molar-refractivity contribution in [3.8, 4) is 5.75 Å². The van der Waals surface area contributed by atoms with Gasteiger partial charge in [-0.05, 0) is 31.0 Å². The van der Waals surface area contributed by atoms with Gasteiger partial charge in [0.15, 0.2) is 0 Å². The number of hydrogen-bond donors (Lipinski definition) is 1. The van der Waals surface area contributed by atoms with Crippen LogP contribution in [0.3, 0.4) is 0 Å². The van der Waals surface area contributed by atoms with E-state index in [1.165, 1.54) is 0 Å². The van der Waals surface area contributed by atoms with Crippen LogP contribution in [0.15, 0.2) is 23.0 Å². The topological polar surface area (TPSA) is 81.4 Å². The Bertz CT molecular complexity index is 767. The van der Waals surface area contributed by atoms with E-state index in [1.54, 1.807) is 22.8 Å². The molecule has 2 heterocycles. The minimum Gasteiger partial charge on any atom is -0.493 e. The van der Waals surface area contributed by atoms with Gasteiger partial charge < -0.3 is 9.84 Å². The van der Waals surface area contributed by atoms with Crippen molar-refractivity contribution in [3.05, 3.63) is 34.4 Å². The molecule has 6 heteroatoms. The van der Waals surface area contributed by atoms with Crippen LogP contribution in [0.25, 0.3) is 10.9 Å². The molecule has 6 nitrogen and oxygen atoms in total. The maximum Gasteiger partial charge on any atom is 0.306 e. The van der Waals surface area contributed by atoms with Crippen molar-refractivity contribution in [1.29, 1.82) is 0 Å². The average Bonchev–Trinajstić information content (AvgIpc) is 2.73. The number of fused-ring (bicyclic) bond motifs is 2. The number of carbonyl (C=O) groups is 1. The summed E-state index contributed by atoms with van der Waals surface area (Å²) in [5.41, 5.74) is 0.634. The van der Waals surface area contributed by atoms with Gasteiger partial charge in [0.2, 0.25) is 0 Å². The molecule has 1 aromatic heterocycles. The number of aliphatic carboxylic acids is 1. The van der Waals surface area contributed by atoms with E-state index in [4.69, 9.17) is 9.84 Å². The highest BCUT2D eigenvalue weighted by Crippen LogP contribution is 2.19. The maximum atomic E-state index is 12.6. The van der Waals surface area contributed by atoms with Crippen molar-refractivity contribution in [3.63, 3.8) is 0 Å². The molecule has 1 aliphatic heterocycles. The van der Waals surface area contributed by atoms with Crippen LogP contribution >= 0.6 is 0 Å². The Labute approximate surface area is 127 Å². The smallest absolute Gasteiger partial charge is 0.306 e. The first kappa shape index (κ1) is 14.6. The summed E-state index contributed by atoms with van der Waals surface area (Å²) in [6.45, 7) is 0.793. The zero-order chi connectivity index (χ0) is 15.5. The van der Waals surface area contributed by atoms with Crippen LogP contribution in [-0.2, 0) is 17.8 Å². The number of aromatic nitrogens is 2. The number of hydrogen-bond acceptors (Lipinski definition) is 4. The first-order chi connectivity index (χ1) is 10.6. The molecule has 0 aliphatic carbocycles. The second-order valence-corrected chi connectivity index (χ2v) is 5.47. The van der Waals surface area contributed by atoms with Crippen molar-refractivity contribution in [2.45, 2.75) is 38.6 Å². The lowest BCUT2D eigenvalue weighted by atomic mass is 10.2.